The van der Waals surface area contributed by atoms with Crippen molar-refractivity contribution in [2.45, 2.75) is 6.92 Å². The molecule has 0 saturated carbocycles. The van der Waals surface area contributed by atoms with E-state index in [4.69, 9.17) is 6.57 Å². The summed E-state index contributed by atoms with van der Waals surface area (Å²) in [7, 11) is 0. The molecule has 0 aliphatic carbocycles. The molecule has 104 valence electrons. The molecule has 1 aromatic carbocycles. The van der Waals surface area contributed by atoms with Crippen molar-refractivity contribution in [2.24, 2.45) is 0 Å². The second-order valence-corrected chi connectivity index (χ2v) is 3.43. The van der Waals surface area contributed by atoms with Crippen molar-refractivity contribution in [3.05, 3.63) is 57.4 Å². The number of esters is 1. The number of hydrogen-bond acceptors (Lipinski definition) is 5. The van der Waals surface area contributed by atoms with Gasteiger partial charge in [0.1, 0.15) is 0 Å². The molecule has 0 heterocycles. The largest absolute Gasteiger partial charge is 0.471 e. The van der Waals surface area contributed by atoms with E-state index < -0.39 is 22.4 Å². The third-order valence-corrected chi connectivity index (χ3v) is 2.12. The molecule has 0 spiro atoms. The van der Waals surface area contributed by atoms with Gasteiger partial charge in [-0.2, -0.15) is 4.39 Å². The summed E-state index contributed by atoms with van der Waals surface area (Å²) in [6, 6.07) is 3.12. The van der Waals surface area contributed by atoms with Gasteiger partial charge in [0, 0.05) is 24.0 Å². The normalized spacial score (nSPS) is 10.6. The second kappa shape index (κ2) is 6.84. The molecular formula is C12H10FN3O4. The van der Waals surface area contributed by atoms with Gasteiger partial charge >= 0.3 is 11.7 Å². The van der Waals surface area contributed by atoms with Crippen LogP contribution in [0.25, 0.3) is 4.85 Å². The molecule has 7 nitrogen and oxygen atoms in total. The van der Waals surface area contributed by atoms with Gasteiger partial charge in [0.15, 0.2) is 0 Å². The van der Waals surface area contributed by atoms with Crippen molar-refractivity contribution < 1.29 is 18.8 Å². The van der Waals surface area contributed by atoms with Crippen LogP contribution in [0.2, 0.25) is 0 Å². The lowest BCUT2D eigenvalue weighted by Crippen LogP contribution is -2.06. The Morgan fingerprint density at radius 2 is 2.35 bits per heavy atom. The van der Waals surface area contributed by atoms with Gasteiger partial charge in [-0.05, 0) is 13.0 Å². The second-order valence-electron chi connectivity index (χ2n) is 3.43. The summed E-state index contributed by atoms with van der Waals surface area (Å²) in [4.78, 5) is 23.9. The summed E-state index contributed by atoms with van der Waals surface area (Å²) < 4.78 is 18.0. The van der Waals surface area contributed by atoms with Crippen LogP contribution in [0, 0.1) is 22.5 Å². The number of nitrogens with one attached hydrogen (secondary N) is 1. The number of ether oxygens (including phenoxy) is 1. The smallest absolute Gasteiger partial charge is 0.337 e. The first-order chi connectivity index (χ1) is 9.49. The first-order valence-corrected chi connectivity index (χ1v) is 5.44. The van der Waals surface area contributed by atoms with Crippen LogP contribution in [0.5, 0.6) is 0 Å². The Morgan fingerprint density at radius 3 is 2.85 bits per heavy atom. The SMILES string of the molecule is [C-]#[N+]/C(=C\Nc1ccc([N+](=O)[O-])c(F)c1)C(=O)OCC. The van der Waals surface area contributed by atoms with E-state index in [1.807, 2.05) is 0 Å². The van der Waals surface area contributed by atoms with Crippen molar-refractivity contribution in [3.63, 3.8) is 0 Å². The van der Waals surface area contributed by atoms with Crippen molar-refractivity contribution in [2.75, 3.05) is 11.9 Å². The molecule has 8 heteroatoms. The van der Waals surface area contributed by atoms with Crippen molar-refractivity contribution in [1.29, 1.82) is 0 Å². The minimum Gasteiger partial charge on any atom is -0.471 e. The molecular weight excluding hydrogens is 269 g/mol. The highest BCUT2D eigenvalue weighted by Crippen LogP contribution is 2.21. The Kier molecular flexibility index (Phi) is 5.17. The number of hydrogen-bond donors (Lipinski definition) is 1. The van der Waals surface area contributed by atoms with Crippen LogP contribution in [0.1, 0.15) is 6.92 Å². The number of anilines is 1. The summed E-state index contributed by atoms with van der Waals surface area (Å²) >= 11 is 0. The average molecular weight is 279 g/mol. The van der Waals surface area contributed by atoms with E-state index in [1.165, 1.54) is 6.07 Å². The number of nitro benzene ring substituents is 1. The van der Waals surface area contributed by atoms with Gasteiger partial charge in [-0.3, -0.25) is 14.9 Å². The van der Waals surface area contributed by atoms with Gasteiger partial charge in [-0.1, -0.05) is 0 Å². The predicted molar refractivity (Wildman–Crippen MR) is 68.0 cm³/mol. The van der Waals surface area contributed by atoms with E-state index in [0.29, 0.717) is 0 Å². The molecule has 0 unspecified atom stereocenters. The lowest BCUT2D eigenvalue weighted by atomic mass is 10.2. The number of halogens is 1. The number of nitrogens with zero attached hydrogens (tertiary/aromatic N) is 2. The molecule has 0 saturated heterocycles. The van der Waals surface area contributed by atoms with E-state index in [9.17, 15) is 19.3 Å². The topological polar surface area (TPSA) is 85.8 Å². The lowest BCUT2D eigenvalue weighted by molar-refractivity contribution is -0.387. The molecule has 0 amide bonds. The van der Waals surface area contributed by atoms with Gasteiger partial charge in [0.25, 0.3) is 5.70 Å². The van der Waals surface area contributed by atoms with Gasteiger partial charge in [-0.25, -0.2) is 4.85 Å². The van der Waals surface area contributed by atoms with Gasteiger partial charge in [0.2, 0.25) is 5.82 Å². The van der Waals surface area contributed by atoms with E-state index in [-0.39, 0.29) is 18.0 Å². The molecule has 0 bridgehead atoms. The number of carbonyl (C=O) groups is 1. The molecule has 1 N–H and O–H groups in total. The van der Waals surface area contributed by atoms with E-state index in [2.05, 4.69) is 14.9 Å². The van der Waals surface area contributed by atoms with Gasteiger partial charge in [-0.15, -0.1) is 0 Å². The fraction of sp³-hybridized carbons (Fsp3) is 0.167. The van der Waals surface area contributed by atoms with E-state index in [1.54, 1.807) is 6.92 Å². The maximum Gasteiger partial charge on any atom is 0.337 e. The van der Waals surface area contributed by atoms with Gasteiger partial charge < -0.3 is 10.1 Å². The van der Waals surface area contributed by atoms with Crippen LogP contribution in [-0.4, -0.2) is 17.5 Å². The van der Waals surface area contributed by atoms with Crippen molar-refractivity contribution in [1.82, 2.24) is 0 Å². The highest BCUT2D eigenvalue weighted by Gasteiger charge is 2.14. The zero-order valence-electron chi connectivity index (χ0n) is 10.4. The number of carbonyl (C=O) groups excluding carboxylic acids is 1. The molecule has 0 fully saturated rings. The van der Waals surface area contributed by atoms with Crippen molar-refractivity contribution >= 4 is 17.3 Å². The third kappa shape index (κ3) is 3.78. The molecule has 0 aliphatic heterocycles. The first-order valence-electron chi connectivity index (χ1n) is 5.44. The van der Waals surface area contributed by atoms with Crippen LogP contribution in [0.15, 0.2) is 30.1 Å². The van der Waals surface area contributed by atoms with E-state index >= 15 is 0 Å². The highest BCUT2D eigenvalue weighted by molar-refractivity contribution is 5.90. The molecule has 1 aromatic rings. The first kappa shape index (κ1) is 15.1. The molecule has 0 aliphatic rings. The predicted octanol–water partition coefficient (Wildman–Crippen LogP) is 2.47. The average Bonchev–Trinajstić information content (AvgIpc) is 2.39. The maximum absolute atomic E-state index is 13.3. The Balaban J connectivity index is 2.89. The molecule has 0 radical (unpaired) electrons. The summed E-state index contributed by atoms with van der Waals surface area (Å²) in [6.45, 7) is 8.54. The minimum atomic E-state index is -1.02. The Hall–Kier alpha value is -2.95. The number of benzene rings is 1. The zero-order valence-corrected chi connectivity index (χ0v) is 10.4. The Morgan fingerprint density at radius 1 is 1.65 bits per heavy atom. The fourth-order valence-electron chi connectivity index (χ4n) is 1.24. The summed E-state index contributed by atoms with van der Waals surface area (Å²) in [5, 5.41) is 12.9. The molecule has 0 atom stereocenters. The quantitative estimate of drug-likeness (QED) is 0.294. The van der Waals surface area contributed by atoms with Crippen LogP contribution in [0.4, 0.5) is 15.8 Å². The Labute approximate surface area is 113 Å². The van der Waals surface area contributed by atoms with Crippen molar-refractivity contribution in [3.8, 4) is 0 Å². The lowest BCUT2D eigenvalue weighted by Gasteiger charge is -2.03. The number of rotatable bonds is 5. The number of nitro groups is 1. The Bertz CT molecular complexity index is 607. The molecule has 1 rings (SSSR count). The summed E-state index contributed by atoms with van der Waals surface area (Å²) in [5.74, 6) is -1.83. The van der Waals surface area contributed by atoms with E-state index in [0.717, 1.165) is 18.3 Å². The fourth-order valence-corrected chi connectivity index (χ4v) is 1.24. The summed E-state index contributed by atoms with van der Waals surface area (Å²) in [6.07, 6.45) is 1.05. The summed E-state index contributed by atoms with van der Waals surface area (Å²) in [5.41, 5.74) is -0.806. The molecule has 0 aromatic heterocycles. The highest BCUT2D eigenvalue weighted by atomic mass is 19.1. The maximum atomic E-state index is 13.3. The standard InChI is InChI=1S/C12H10FN3O4/c1-3-20-12(17)10(14-2)7-15-8-4-5-11(16(18)19)9(13)6-8/h4-7,15H,3H2,1H3/b10-7-. The van der Waals surface area contributed by atoms with Gasteiger partial charge in [0.05, 0.1) is 18.1 Å². The van der Waals surface area contributed by atoms with Crippen LogP contribution in [0.3, 0.4) is 0 Å². The monoisotopic (exact) mass is 279 g/mol. The van der Waals surface area contributed by atoms with Crippen LogP contribution >= 0.6 is 0 Å². The molecule has 20 heavy (non-hydrogen) atoms. The van der Waals surface area contributed by atoms with Crippen LogP contribution in [-0.2, 0) is 9.53 Å². The van der Waals surface area contributed by atoms with Crippen LogP contribution < -0.4 is 5.32 Å². The third-order valence-electron chi connectivity index (χ3n) is 2.12. The zero-order chi connectivity index (χ0) is 15.1. The minimum absolute atomic E-state index is 0.123.